The van der Waals surface area contributed by atoms with Crippen LogP contribution in [0.4, 0.5) is 4.39 Å². The first kappa shape index (κ1) is 26.1. The molecule has 3 aromatic carbocycles. The highest BCUT2D eigenvalue weighted by atomic mass is 35.5. The molecule has 0 aromatic heterocycles. The minimum absolute atomic E-state index is 0.0617. The second kappa shape index (κ2) is 12.7. The van der Waals surface area contributed by atoms with Crippen LogP contribution in [-0.2, 0) is 0 Å². The molecule has 0 saturated carbocycles. The lowest BCUT2D eigenvalue weighted by Crippen LogP contribution is -2.15. The van der Waals surface area contributed by atoms with Gasteiger partial charge >= 0.3 is 0 Å². The molecule has 0 bridgehead atoms. The number of halogens is 2. The van der Waals surface area contributed by atoms with E-state index in [2.05, 4.69) is 0 Å². The van der Waals surface area contributed by atoms with Gasteiger partial charge in [0.2, 0.25) is 5.91 Å². The van der Waals surface area contributed by atoms with Crippen LogP contribution < -0.4 is 11.5 Å². The van der Waals surface area contributed by atoms with Gasteiger partial charge in [-0.05, 0) is 35.4 Å². The molecule has 0 fully saturated rings. The summed E-state index contributed by atoms with van der Waals surface area (Å²) in [4.78, 5) is 11.8. The highest BCUT2D eigenvalue weighted by molar-refractivity contribution is 6.33. The Balaban J connectivity index is 0.00000113. The van der Waals surface area contributed by atoms with Crippen LogP contribution in [0.5, 0.6) is 5.75 Å². The van der Waals surface area contributed by atoms with Crippen LogP contribution in [0, 0.1) is 5.82 Å². The topological polar surface area (TPSA) is 89.3 Å². The first-order chi connectivity index (χ1) is 14.9. The number of primary amides is 1. The number of nitrogens with two attached hydrogens (primary N) is 2. The summed E-state index contributed by atoms with van der Waals surface area (Å²) in [5.74, 6) is -2.49. The van der Waals surface area contributed by atoms with Gasteiger partial charge in [-0.15, -0.1) is 0 Å². The minimum atomic E-state index is -0.950. The van der Waals surface area contributed by atoms with E-state index in [-0.39, 0.29) is 27.6 Å². The van der Waals surface area contributed by atoms with E-state index in [9.17, 15) is 14.3 Å². The highest BCUT2D eigenvalue weighted by Crippen LogP contribution is 2.38. The molecule has 1 amide bonds. The van der Waals surface area contributed by atoms with Crippen molar-refractivity contribution in [2.45, 2.75) is 33.6 Å². The van der Waals surface area contributed by atoms with Crippen molar-refractivity contribution in [2.24, 2.45) is 11.5 Å². The number of hydrogen-bond donors (Lipinski definition) is 3. The number of hydrogen-bond acceptors (Lipinski definition) is 3. The normalized spacial score (nSPS) is 10.8. The summed E-state index contributed by atoms with van der Waals surface area (Å²) < 4.78 is 14.7. The van der Waals surface area contributed by atoms with E-state index < -0.39 is 17.5 Å². The van der Waals surface area contributed by atoms with Gasteiger partial charge in [0.25, 0.3) is 0 Å². The molecule has 1 unspecified atom stereocenters. The van der Waals surface area contributed by atoms with E-state index >= 15 is 0 Å². The Morgan fingerprint density at radius 1 is 1.00 bits per heavy atom. The molecule has 0 spiro atoms. The smallest absolute Gasteiger partial charge is 0.249 e. The van der Waals surface area contributed by atoms with Crippen molar-refractivity contribution < 1.29 is 14.3 Å². The van der Waals surface area contributed by atoms with Crippen LogP contribution >= 0.6 is 11.6 Å². The van der Waals surface area contributed by atoms with Crippen molar-refractivity contribution >= 4 is 17.5 Å². The second-order valence-corrected chi connectivity index (χ2v) is 6.53. The summed E-state index contributed by atoms with van der Waals surface area (Å²) in [7, 11) is 0. The van der Waals surface area contributed by atoms with Gasteiger partial charge in [0.05, 0.1) is 5.56 Å². The van der Waals surface area contributed by atoms with E-state index in [0.717, 1.165) is 17.2 Å². The molecule has 0 aliphatic rings. The van der Waals surface area contributed by atoms with Crippen LogP contribution in [0.2, 0.25) is 5.02 Å². The van der Waals surface area contributed by atoms with Gasteiger partial charge in [0, 0.05) is 28.6 Å². The summed E-state index contributed by atoms with van der Waals surface area (Å²) >= 11 is 6.29. The van der Waals surface area contributed by atoms with Crippen molar-refractivity contribution in [1.29, 1.82) is 0 Å². The number of phenols is 1. The fourth-order valence-corrected chi connectivity index (χ4v) is 3.35. The molecule has 1 atom stereocenters. The van der Waals surface area contributed by atoms with Gasteiger partial charge in [0.1, 0.15) is 0 Å². The monoisotopic (exact) mass is 444 g/mol. The zero-order valence-electron chi connectivity index (χ0n) is 18.3. The van der Waals surface area contributed by atoms with Crippen LogP contribution in [0.3, 0.4) is 0 Å². The lowest BCUT2D eigenvalue weighted by atomic mass is 9.88. The fraction of sp³-hybridized carbons (Fsp3) is 0.240. The number of amides is 1. The van der Waals surface area contributed by atoms with E-state index in [0.29, 0.717) is 6.54 Å². The number of rotatable bonds is 5. The summed E-state index contributed by atoms with van der Waals surface area (Å²) in [5, 5.41) is 10.0. The van der Waals surface area contributed by atoms with Gasteiger partial charge in [-0.3, -0.25) is 4.79 Å². The van der Waals surface area contributed by atoms with Gasteiger partial charge in [0.15, 0.2) is 11.6 Å². The highest BCUT2D eigenvalue weighted by Gasteiger charge is 2.22. The van der Waals surface area contributed by atoms with Gasteiger partial charge in [-0.2, -0.15) is 0 Å². The van der Waals surface area contributed by atoms with Crippen molar-refractivity contribution in [1.82, 2.24) is 0 Å². The van der Waals surface area contributed by atoms with Crippen molar-refractivity contribution in [3.63, 3.8) is 0 Å². The second-order valence-electron chi connectivity index (χ2n) is 6.12. The molecule has 0 aliphatic carbocycles. The van der Waals surface area contributed by atoms with Crippen molar-refractivity contribution in [3.8, 4) is 16.9 Å². The molecule has 0 aliphatic heterocycles. The Morgan fingerprint density at radius 3 is 2.16 bits per heavy atom. The molecule has 6 heteroatoms. The third-order valence-electron chi connectivity index (χ3n) is 4.49. The van der Waals surface area contributed by atoms with E-state index in [1.165, 1.54) is 6.07 Å². The lowest BCUT2D eigenvalue weighted by molar-refractivity contribution is 0.100. The number of benzene rings is 3. The van der Waals surface area contributed by atoms with Crippen LogP contribution in [0.25, 0.3) is 11.1 Å². The van der Waals surface area contributed by atoms with Gasteiger partial charge in [-0.1, -0.05) is 75.7 Å². The Morgan fingerprint density at radius 2 is 1.61 bits per heavy atom. The standard InChI is InChI=1S/C21H18ClFN2O2.2C2H6/c22-17-8-6-13(16(11-24)12-4-2-1-3-5-12)10-15(17)19-14(21(25)27)7-9-18(26)20(19)23;2*1-2/h1-10,16,26H,11,24H2,(H2,25,27);2*1-2H3. The molecule has 0 radical (unpaired) electrons. The van der Waals surface area contributed by atoms with Crippen LogP contribution in [0.1, 0.15) is 55.1 Å². The average molecular weight is 445 g/mol. The van der Waals surface area contributed by atoms with E-state index in [1.807, 2.05) is 58.0 Å². The Bertz CT molecular complexity index is 994. The predicted molar refractivity (Wildman–Crippen MR) is 127 cm³/mol. The van der Waals surface area contributed by atoms with Crippen molar-refractivity contribution in [2.75, 3.05) is 6.54 Å². The van der Waals surface area contributed by atoms with Crippen LogP contribution in [-0.4, -0.2) is 17.6 Å². The average Bonchev–Trinajstić information content (AvgIpc) is 2.80. The first-order valence-electron chi connectivity index (χ1n) is 10.3. The fourth-order valence-electron chi connectivity index (χ4n) is 3.13. The molecule has 166 valence electrons. The summed E-state index contributed by atoms with van der Waals surface area (Å²) in [5.41, 5.74) is 13.2. The maximum Gasteiger partial charge on any atom is 0.249 e. The maximum atomic E-state index is 14.7. The van der Waals surface area contributed by atoms with Gasteiger partial charge < -0.3 is 16.6 Å². The molecular weight excluding hydrogens is 415 g/mol. The van der Waals surface area contributed by atoms with Crippen LogP contribution in [0.15, 0.2) is 60.7 Å². The van der Waals surface area contributed by atoms with E-state index in [4.69, 9.17) is 23.1 Å². The molecule has 3 aromatic rings. The lowest BCUT2D eigenvalue weighted by Gasteiger charge is -2.19. The zero-order valence-corrected chi connectivity index (χ0v) is 19.1. The first-order valence-corrected chi connectivity index (χ1v) is 10.7. The molecule has 0 heterocycles. The SMILES string of the molecule is CC.CC.NCC(c1ccccc1)c1ccc(Cl)c(-c2c(C(N)=O)ccc(O)c2F)c1. The van der Waals surface area contributed by atoms with Crippen molar-refractivity contribution in [3.05, 3.63) is 88.2 Å². The molecule has 3 rings (SSSR count). The quantitative estimate of drug-likeness (QED) is 0.444. The Kier molecular flexibility index (Phi) is 10.7. The number of carbonyl (C=O) groups excluding carboxylic acids is 1. The molecule has 31 heavy (non-hydrogen) atoms. The van der Waals surface area contributed by atoms with Gasteiger partial charge in [-0.25, -0.2) is 4.39 Å². The minimum Gasteiger partial charge on any atom is -0.505 e. The number of phenolic OH excluding ortho intramolecular Hbond substituents is 1. The summed E-state index contributed by atoms with van der Waals surface area (Å²) in [6.07, 6.45) is 0. The molecule has 5 N–H and O–H groups in total. The third kappa shape index (κ3) is 6.06. The predicted octanol–water partition coefficient (Wildman–Crippen LogP) is 6.09. The number of aromatic hydroxyl groups is 1. The molecular formula is C25H30ClFN2O2. The summed E-state index contributed by atoms with van der Waals surface area (Å²) in [6.45, 7) is 8.33. The third-order valence-corrected chi connectivity index (χ3v) is 4.82. The molecule has 0 saturated heterocycles. The van der Waals surface area contributed by atoms with E-state index in [1.54, 1.807) is 18.2 Å². The Labute approximate surface area is 188 Å². The maximum absolute atomic E-state index is 14.7. The largest absolute Gasteiger partial charge is 0.505 e. The Hall–Kier alpha value is -2.89. The number of carbonyl (C=O) groups is 1. The zero-order chi connectivity index (χ0) is 23.6. The molecule has 4 nitrogen and oxygen atoms in total. The summed E-state index contributed by atoms with van der Waals surface area (Å²) in [6, 6.07) is 17.1.